The number of fused-ring (bicyclic) bond motifs is 1. The summed E-state index contributed by atoms with van der Waals surface area (Å²) in [5.41, 5.74) is 1.69. The molecule has 0 saturated carbocycles. The summed E-state index contributed by atoms with van der Waals surface area (Å²) in [4.78, 5) is 36.6. The maximum absolute atomic E-state index is 13.4. The number of piperazine rings is 1. The van der Waals surface area contributed by atoms with E-state index < -0.39 is 6.04 Å². The number of rotatable bonds is 2. The molecule has 24 heavy (non-hydrogen) atoms. The number of halogens is 1. The Labute approximate surface area is 139 Å². The zero-order chi connectivity index (χ0) is 17.9. The first-order chi connectivity index (χ1) is 11.4. The Kier molecular flexibility index (Phi) is 5.54. The first-order valence-electron chi connectivity index (χ1n) is 7.84. The van der Waals surface area contributed by atoms with Gasteiger partial charge in [-0.05, 0) is 49.9 Å². The van der Waals surface area contributed by atoms with Gasteiger partial charge in [-0.25, -0.2) is 4.39 Å². The number of amides is 2. The van der Waals surface area contributed by atoms with Crippen molar-refractivity contribution < 1.29 is 23.9 Å². The molecule has 7 heteroatoms. The Morgan fingerprint density at radius 2 is 2.00 bits per heavy atom. The number of carboxylic acid groups (broad SMARTS) is 1. The van der Waals surface area contributed by atoms with E-state index in [1.54, 1.807) is 22.8 Å². The predicted molar refractivity (Wildman–Crippen MR) is 84.6 cm³/mol. The van der Waals surface area contributed by atoms with Crippen molar-refractivity contribution >= 4 is 18.3 Å². The Morgan fingerprint density at radius 1 is 1.33 bits per heavy atom. The molecule has 130 valence electrons. The van der Waals surface area contributed by atoms with Gasteiger partial charge in [-0.15, -0.1) is 0 Å². The SMILES string of the molecule is Cc1ccc(F)cc1CN1C(=O)[C@@H]2CCCN2C(=O)[C@@H]1C.O=CO. The van der Waals surface area contributed by atoms with Gasteiger partial charge >= 0.3 is 0 Å². The fourth-order valence-electron chi connectivity index (χ4n) is 3.25. The number of carbonyl (C=O) groups excluding carboxylic acids is 2. The van der Waals surface area contributed by atoms with Gasteiger partial charge in [0.1, 0.15) is 17.9 Å². The molecule has 0 radical (unpaired) electrons. The molecular weight excluding hydrogens is 315 g/mol. The van der Waals surface area contributed by atoms with Crippen LogP contribution in [0.4, 0.5) is 4.39 Å². The van der Waals surface area contributed by atoms with Gasteiger partial charge in [0.25, 0.3) is 6.47 Å². The van der Waals surface area contributed by atoms with Gasteiger partial charge in [0.15, 0.2) is 0 Å². The highest BCUT2D eigenvalue weighted by molar-refractivity contribution is 5.97. The molecule has 3 rings (SSSR count). The van der Waals surface area contributed by atoms with E-state index in [-0.39, 0.29) is 30.1 Å². The van der Waals surface area contributed by atoms with E-state index in [0.29, 0.717) is 13.1 Å². The molecule has 0 aliphatic carbocycles. The van der Waals surface area contributed by atoms with Crippen LogP contribution >= 0.6 is 0 Å². The lowest BCUT2D eigenvalue weighted by molar-refractivity contribution is -0.159. The van der Waals surface area contributed by atoms with Crippen molar-refractivity contribution in [3.63, 3.8) is 0 Å². The van der Waals surface area contributed by atoms with Crippen LogP contribution in [0.2, 0.25) is 0 Å². The minimum Gasteiger partial charge on any atom is -0.483 e. The molecule has 2 saturated heterocycles. The lowest BCUT2D eigenvalue weighted by atomic mass is 10.0. The third-order valence-electron chi connectivity index (χ3n) is 4.58. The van der Waals surface area contributed by atoms with Crippen molar-refractivity contribution in [2.75, 3.05) is 6.54 Å². The molecule has 2 aliphatic heterocycles. The molecule has 2 atom stereocenters. The zero-order valence-electron chi connectivity index (χ0n) is 13.7. The van der Waals surface area contributed by atoms with E-state index in [2.05, 4.69) is 0 Å². The number of hydrogen-bond acceptors (Lipinski definition) is 3. The van der Waals surface area contributed by atoms with Crippen LogP contribution in [0.25, 0.3) is 0 Å². The molecule has 0 spiro atoms. The van der Waals surface area contributed by atoms with Crippen molar-refractivity contribution in [3.8, 4) is 0 Å². The average Bonchev–Trinajstić information content (AvgIpc) is 3.03. The molecule has 1 aromatic rings. The summed E-state index contributed by atoms with van der Waals surface area (Å²) in [6.07, 6.45) is 1.61. The Bertz CT molecular complexity index is 649. The summed E-state index contributed by atoms with van der Waals surface area (Å²) < 4.78 is 13.4. The van der Waals surface area contributed by atoms with Crippen LogP contribution in [0.1, 0.15) is 30.9 Å². The molecule has 2 fully saturated rings. The fraction of sp³-hybridized carbons (Fsp3) is 0.471. The van der Waals surface area contributed by atoms with Crippen LogP contribution in [-0.4, -0.2) is 51.8 Å². The van der Waals surface area contributed by atoms with E-state index in [0.717, 1.165) is 24.0 Å². The highest BCUT2D eigenvalue weighted by Gasteiger charge is 2.45. The summed E-state index contributed by atoms with van der Waals surface area (Å²) in [7, 11) is 0. The second-order valence-corrected chi connectivity index (χ2v) is 6.01. The average molecular weight is 336 g/mol. The fourth-order valence-corrected chi connectivity index (χ4v) is 3.25. The minimum atomic E-state index is -0.477. The third kappa shape index (κ3) is 3.39. The van der Waals surface area contributed by atoms with E-state index in [1.165, 1.54) is 12.1 Å². The largest absolute Gasteiger partial charge is 0.483 e. The zero-order valence-corrected chi connectivity index (χ0v) is 13.7. The van der Waals surface area contributed by atoms with Crippen LogP contribution in [0, 0.1) is 12.7 Å². The molecule has 2 aliphatic rings. The highest BCUT2D eigenvalue weighted by atomic mass is 19.1. The maximum atomic E-state index is 13.4. The molecule has 2 heterocycles. The predicted octanol–water partition coefficient (Wildman–Crippen LogP) is 1.56. The second kappa shape index (κ2) is 7.42. The van der Waals surface area contributed by atoms with Crippen LogP contribution in [0.15, 0.2) is 18.2 Å². The monoisotopic (exact) mass is 336 g/mol. The maximum Gasteiger partial charge on any atom is 0.290 e. The van der Waals surface area contributed by atoms with Gasteiger partial charge in [-0.2, -0.15) is 0 Å². The Balaban J connectivity index is 0.000000647. The van der Waals surface area contributed by atoms with Gasteiger partial charge in [0.2, 0.25) is 11.8 Å². The number of aryl methyl sites for hydroxylation is 1. The Hall–Kier alpha value is -2.44. The molecule has 0 aromatic heterocycles. The van der Waals surface area contributed by atoms with Crippen LogP contribution in [0.5, 0.6) is 0 Å². The van der Waals surface area contributed by atoms with Crippen molar-refractivity contribution in [3.05, 3.63) is 35.1 Å². The molecule has 6 nitrogen and oxygen atoms in total. The molecular formula is C17H21FN2O4. The lowest BCUT2D eigenvalue weighted by Crippen LogP contribution is -2.61. The molecule has 1 N–H and O–H groups in total. The van der Waals surface area contributed by atoms with E-state index in [4.69, 9.17) is 9.90 Å². The van der Waals surface area contributed by atoms with E-state index in [1.807, 2.05) is 6.92 Å². The summed E-state index contributed by atoms with van der Waals surface area (Å²) in [5.74, 6) is -0.323. The van der Waals surface area contributed by atoms with Crippen LogP contribution in [-0.2, 0) is 20.9 Å². The summed E-state index contributed by atoms with van der Waals surface area (Å²) in [5, 5.41) is 6.89. The minimum absolute atomic E-state index is 0.00570. The van der Waals surface area contributed by atoms with E-state index in [9.17, 15) is 14.0 Å². The standard InChI is InChI=1S/C16H19FN2O2.CH2O2/c1-10-5-6-13(17)8-12(10)9-19-11(2)15(20)18-7-3-4-14(18)16(19)21;2-1-3/h5-6,8,11,14H,3-4,7,9H2,1-2H3;1H,(H,2,3)/t11-,14-;/m0./s1. The van der Waals surface area contributed by atoms with Gasteiger partial charge < -0.3 is 14.9 Å². The highest BCUT2D eigenvalue weighted by Crippen LogP contribution is 2.28. The van der Waals surface area contributed by atoms with Gasteiger partial charge in [0.05, 0.1) is 0 Å². The van der Waals surface area contributed by atoms with Crippen molar-refractivity contribution in [1.29, 1.82) is 0 Å². The normalized spacial score (nSPS) is 22.8. The van der Waals surface area contributed by atoms with Crippen molar-refractivity contribution in [2.45, 2.75) is 45.3 Å². The van der Waals surface area contributed by atoms with Crippen molar-refractivity contribution in [1.82, 2.24) is 9.80 Å². The molecule has 2 amide bonds. The smallest absolute Gasteiger partial charge is 0.290 e. The lowest BCUT2D eigenvalue weighted by Gasteiger charge is -2.41. The number of nitrogens with zero attached hydrogens (tertiary/aromatic N) is 2. The molecule has 0 bridgehead atoms. The first kappa shape index (κ1) is 17.9. The number of carbonyl (C=O) groups is 3. The summed E-state index contributed by atoms with van der Waals surface area (Å²) >= 11 is 0. The number of benzene rings is 1. The third-order valence-corrected chi connectivity index (χ3v) is 4.58. The first-order valence-corrected chi connectivity index (χ1v) is 7.84. The second-order valence-electron chi connectivity index (χ2n) is 6.01. The topological polar surface area (TPSA) is 77.9 Å². The van der Waals surface area contributed by atoms with Crippen molar-refractivity contribution in [2.24, 2.45) is 0 Å². The number of hydrogen-bond donors (Lipinski definition) is 1. The van der Waals surface area contributed by atoms with Crippen LogP contribution < -0.4 is 0 Å². The van der Waals surface area contributed by atoms with E-state index >= 15 is 0 Å². The van der Waals surface area contributed by atoms with Gasteiger partial charge in [0, 0.05) is 13.1 Å². The quantitative estimate of drug-likeness (QED) is 0.832. The molecule has 1 aromatic carbocycles. The van der Waals surface area contributed by atoms with Gasteiger partial charge in [-0.3, -0.25) is 14.4 Å². The Morgan fingerprint density at radius 3 is 2.67 bits per heavy atom. The summed E-state index contributed by atoms with van der Waals surface area (Å²) in [6.45, 7) is 4.35. The summed E-state index contributed by atoms with van der Waals surface area (Å²) in [6, 6.07) is 3.76. The molecule has 0 unspecified atom stereocenters. The van der Waals surface area contributed by atoms with Crippen LogP contribution in [0.3, 0.4) is 0 Å². The van der Waals surface area contributed by atoms with Gasteiger partial charge in [-0.1, -0.05) is 6.07 Å².